The summed E-state index contributed by atoms with van der Waals surface area (Å²) < 4.78 is 24.8. The van der Waals surface area contributed by atoms with Gasteiger partial charge in [-0.1, -0.05) is 36.4 Å². The molecule has 0 atom stereocenters. The topological polar surface area (TPSA) is 30.5 Å². The van der Waals surface area contributed by atoms with Crippen LogP contribution in [0, 0.1) is 12.7 Å². The zero-order valence-corrected chi connectivity index (χ0v) is 16.9. The van der Waals surface area contributed by atoms with E-state index >= 15 is 0 Å². The molecule has 0 saturated carbocycles. The molecule has 0 fully saturated rings. The number of hydrogen-bond donors (Lipinski definition) is 1. The van der Waals surface area contributed by atoms with Crippen molar-refractivity contribution in [1.29, 1.82) is 0 Å². The van der Waals surface area contributed by atoms with E-state index in [2.05, 4.69) is 37.0 Å². The Bertz CT molecular complexity index is 967. The van der Waals surface area contributed by atoms with Crippen LogP contribution in [0.4, 0.5) is 10.1 Å². The van der Waals surface area contributed by atoms with Gasteiger partial charge in [0.05, 0.1) is 7.11 Å². The van der Waals surface area contributed by atoms with Crippen molar-refractivity contribution in [3.8, 4) is 11.5 Å². The maximum atomic E-state index is 13.1. The molecule has 3 aromatic rings. The first-order chi connectivity index (χ1) is 14.1. The van der Waals surface area contributed by atoms with Crippen molar-refractivity contribution >= 4 is 5.69 Å². The molecule has 29 heavy (non-hydrogen) atoms. The Morgan fingerprint density at radius 2 is 1.79 bits per heavy atom. The van der Waals surface area contributed by atoms with Gasteiger partial charge < -0.3 is 14.8 Å². The number of halogens is 1. The number of allylic oxidation sites excluding steroid dienone is 1. The Morgan fingerprint density at radius 3 is 2.48 bits per heavy atom. The number of benzene rings is 3. The van der Waals surface area contributed by atoms with Gasteiger partial charge in [0.2, 0.25) is 0 Å². The average molecular weight is 391 g/mol. The molecule has 1 N–H and O–H groups in total. The summed E-state index contributed by atoms with van der Waals surface area (Å²) in [5.41, 5.74) is 5.29. The second-order valence-corrected chi connectivity index (χ2v) is 6.86. The van der Waals surface area contributed by atoms with Crippen LogP contribution in [0.3, 0.4) is 0 Å². The van der Waals surface area contributed by atoms with Crippen LogP contribution in [-0.2, 0) is 19.6 Å². The van der Waals surface area contributed by atoms with E-state index in [-0.39, 0.29) is 5.82 Å². The van der Waals surface area contributed by atoms with Crippen molar-refractivity contribution in [2.45, 2.75) is 26.5 Å². The highest BCUT2D eigenvalue weighted by atomic mass is 19.1. The van der Waals surface area contributed by atoms with Gasteiger partial charge in [-0.05, 0) is 60.4 Å². The number of rotatable bonds is 9. The molecular formula is C25H26FNO2. The molecule has 0 spiro atoms. The molecule has 0 heterocycles. The summed E-state index contributed by atoms with van der Waals surface area (Å²) in [6.07, 6.45) is 2.51. The number of aryl methyl sites for hydroxylation is 1. The first-order valence-corrected chi connectivity index (χ1v) is 9.58. The summed E-state index contributed by atoms with van der Waals surface area (Å²) in [4.78, 5) is 0. The van der Waals surface area contributed by atoms with Crippen LogP contribution in [0.5, 0.6) is 11.5 Å². The molecule has 0 aliphatic carbocycles. The average Bonchev–Trinajstić information content (AvgIpc) is 2.73. The zero-order chi connectivity index (χ0) is 20.6. The molecule has 0 amide bonds. The van der Waals surface area contributed by atoms with Crippen molar-refractivity contribution < 1.29 is 13.9 Å². The Balaban J connectivity index is 1.81. The molecule has 150 valence electrons. The van der Waals surface area contributed by atoms with Gasteiger partial charge in [0.15, 0.2) is 11.5 Å². The largest absolute Gasteiger partial charge is 0.493 e. The van der Waals surface area contributed by atoms with Crippen LogP contribution in [-0.4, -0.2) is 7.11 Å². The minimum atomic E-state index is -0.260. The zero-order valence-electron chi connectivity index (χ0n) is 16.9. The van der Waals surface area contributed by atoms with E-state index in [1.165, 1.54) is 17.7 Å². The number of anilines is 1. The molecule has 0 aliphatic heterocycles. The van der Waals surface area contributed by atoms with Crippen molar-refractivity contribution in [3.05, 3.63) is 101 Å². The van der Waals surface area contributed by atoms with E-state index in [0.29, 0.717) is 31.1 Å². The van der Waals surface area contributed by atoms with Crippen LogP contribution >= 0.6 is 0 Å². The lowest BCUT2D eigenvalue weighted by Gasteiger charge is -2.17. The van der Waals surface area contributed by atoms with E-state index in [9.17, 15) is 4.39 Å². The number of hydrogen-bond acceptors (Lipinski definition) is 3. The lowest BCUT2D eigenvalue weighted by atomic mass is 10.0. The van der Waals surface area contributed by atoms with Gasteiger partial charge in [-0.2, -0.15) is 0 Å². The smallest absolute Gasteiger partial charge is 0.165 e. The van der Waals surface area contributed by atoms with Crippen LogP contribution < -0.4 is 14.8 Å². The second kappa shape index (κ2) is 9.78. The molecule has 0 aliphatic rings. The molecule has 0 aromatic heterocycles. The first kappa shape index (κ1) is 20.5. The number of nitrogens with one attached hydrogen (secondary N) is 1. The van der Waals surface area contributed by atoms with Crippen LogP contribution in [0.1, 0.15) is 22.3 Å². The highest BCUT2D eigenvalue weighted by Crippen LogP contribution is 2.34. The minimum absolute atomic E-state index is 0.260. The molecule has 3 nitrogen and oxygen atoms in total. The lowest BCUT2D eigenvalue weighted by Crippen LogP contribution is -2.05. The third kappa shape index (κ3) is 5.38. The molecule has 0 radical (unpaired) electrons. The highest BCUT2D eigenvalue weighted by Gasteiger charge is 2.13. The third-order valence-electron chi connectivity index (χ3n) is 4.70. The van der Waals surface area contributed by atoms with Gasteiger partial charge in [-0.15, -0.1) is 6.58 Å². The molecule has 3 aromatic carbocycles. The number of methoxy groups -OCH3 is 1. The summed E-state index contributed by atoms with van der Waals surface area (Å²) in [6.45, 7) is 6.95. The summed E-state index contributed by atoms with van der Waals surface area (Å²) in [6, 6.07) is 18.6. The molecular weight excluding hydrogens is 365 g/mol. The predicted molar refractivity (Wildman–Crippen MR) is 116 cm³/mol. The number of para-hydroxylation sites is 1. The van der Waals surface area contributed by atoms with Gasteiger partial charge in [-0.25, -0.2) is 4.39 Å². The van der Waals surface area contributed by atoms with E-state index in [1.54, 1.807) is 19.2 Å². The van der Waals surface area contributed by atoms with Crippen molar-refractivity contribution in [2.24, 2.45) is 0 Å². The quantitative estimate of drug-likeness (QED) is 0.450. The lowest BCUT2D eigenvalue weighted by molar-refractivity contribution is 0.281. The maximum absolute atomic E-state index is 13.1. The Morgan fingerprint density at radius 1 is 1.03 bits per heavy atom. The normalized spacial score (nSPS) is 10.4. The monoisotopic (exact) mass is 391 g/mol. The summed E-state index contributed by atoms with van der Waals surface area (Å²) in [5.74, 6) is 1.11. The molecule has 0 saturated heterocycles. The van der Waals surface area contributed by atoms with Gasteiger partial charge in [0.25, 0.3) is 0 Å². The Hall–Kier alpha value is -3.27. The van der Waals surface area contributed by atoms with E-state index in [4.69, 9.17) is 9.47 Å². The SMILES string of the molecule is C=CCc1cc(CNc2ccccc2C)cc(OC)c1OCc1ccc(F)cc1. The summed E-state index contributed by atoms with van der Waals surface area (Å²) in [5, 5.41) is 3.47. The first-order valence-electron chi connectivity index (χ1n) is 9.58. The minimum Gasteiger partial charge on any atom is -0.493 e. The molecule has 3 rings (SSSR count). The Kier molecular flexibility index (Phi) is 6.90. The standard InChI is InChI=1S/C25H26FNO2/c1-4-7-21-14-20(16-27-23-9-6-5-8-18(23)2)15-24(28-3)25(21)29-17-19-10-12-22(26)13-11-19/h4-6,8-15,27H,1,7,16-17H2,2-3H3. The molecule has 0 bridgehead atoms. The van der Waals surface area contributed by atoms with Crippen molar-refractivity contribution in [2.75, 3.05) is 12.4 Å². The fourth-order valence-electron chi connectivity index (χ4n) is 3.15. The highest BCUT2D eigenvalue weighted by molar-refractivity contribution is 5.53. The fourth-order valence-corrected chi connectivity index (χ4v) is 3.15. The van der Waals surface area contributed by atoms with E-state index in [1.807, 2.05) is 24.3 Å². The third-order valence-corrected chi connectivity index (χ3v) is 4.70. The molecule has 0 unspecified atom stereocenters. The van der Waals surface area contributed by atoms with Gasteiger partial charge in [-0.3, -0.25) is 0 Å². The van der Waals surface area contributed by atoms with E-state index in [0.717, 1.165) is 22.4 Å². The van der Waals surface area contributed by atoms with Gasteiger partial charge in [0.1, 0.15) is 12.4 Å². The fraction of sp³-hybridized carbons (Fsp3) is 0.200. The maximum Gasteiger partial charge on any atom is 0.165 e. The summed E-state index contributed by atoms with van der Waals surface area (Å²) in [7, 11) is 1.64. The van der Waals surface area contributed by atoms with Gasteiger partial charge in [0, 0.05) is 17.8 Å². The van der Waals surface area contributed by atoms with Crippen LogP contribution in [0.2, 0.25) is 0 Å². The number of ether oxygens (including phenoxy) is 2. The predicted octanol–water partition coefficient (Wildman–Crippen LogP) is 6.06. The van der Waals surface area contributed by atoms with E-state index < -0.39 is 0 Å². The van der Waals surface area contributed by atoms with Crippen molar-refractivity contribution in [3.63, 3.8) is 0 Å². The molecule has 4 heteroatoms. The Labute approximate surface area is 171 Å². The van der Waals surface area contributed by atoms with Crippen molar-refractivity contribution in [1.82, 2.24) is 0 Å². The van der Waals surface area contributed by atoms with Crippen LogP contribution in [0.25, 0.3) is 0 Å². The van der Waals surface area contributed by atoms with Gasteiger partial charge >= 0.3 is 0 Å². The van der Waals surface area contributed by atoms with Crippen LogP contribution in [0.15, 0.2) is 73.3 Å². The second-order valence-electron chi connectivity index (χ2n) is 6.86. The summed E-state index contributed by atoms with van der Waals surface area (Å²) >= 11 is 0.